The zero-order chi connectivity index (χ0) is 35.5. The van der Waals surface area contributed by atoms with Crippen LogP contribution in [0.15, 0.2) is 36.4 Å². The number of hydrogen-bond donors (Lipinski definition) is 6. The number of piperidine rings is 1. The van der Waals surface area contributed by atoms with Crippen LogP contribution in [0.2, 0.25) is 0 Å². The lowest BCUT2D eigenvalue weighted by atomic mass is 9.78. The van der Waals surface area contributed by atoms with E-state index in [1.165, 1.54) is 5.56 Å². The van der Waals surface area contributed by atoms with Crippen LogP contribution in [0.25, 0.3) is 0 Å². The average Bonchev–Trinajstić information content (AvgIpc) is 3.15. The van der Waals surface area contributed by atoms with Crippen molar-refractivity contribution in [3.63, 3.8) is 0 Å². The fraction of sp³-hybridized carbons (Fsp3) is 0.568. The molecule has 1 saturated heterocycles. The van der Waals surface area contributed by atoms with Crippen molar-refractivity contribution < 1.29 is 29.1 Å². The van der Waals surface area contributed by atoms with Gasteiger partial charge in [0.05, 0.1) is 5.92 Å². The van der Waals surface area contributed by atoms with E-state index in [9.17, 15) is 29.1 Å². The van der Waals surface area contributed by atoms with E-state index in [4.69, 9.17) is 4.98 Å². The number of aryl methyl sites for hydroxylation is 2. The van der Waals surface area contributed by atoms with Crippen LogP contribution in [-0.4, -0.2) is 90.4 Å². The van der Waals surface area contributed by atoms with Gasteiger partial charge in [0.25, 0.3) is 5.91 Å². The molecule has 5 rings (SSSR count). The van der Waals surface area contributed by atoms with Gasteiger partial charge in [-0.2, -0.15) is 0 Å². The number of rotatable bonds is 14. The molecule has 2 fully saturated rings. The van der Waals surface area contributed by atoms with Crippen molar-refractivity contribution in [2.45, 2.75) is 76.8 Å². The van der Waals surface area contributed by atoms with Gasteiger partial charge in [0, 0.05) is 56.3 Å². The molecule has 270 valence electrons. The van der Waals surface area contributed by atoms with E-state index < -0.39 is 29.8 Å². The number of pyridine rings is 1. The number of aliphatic carboxylic acids is 1. The number of nitrogens with one attached hydrogen (secondary N) is 5. The van der Waals surface area contributed by atoms with E-state index in [2.05, 4.69) is 43.6 Å². The van der Waals surface area contributed by atoms with Gasteiger partial charge in [0.15, 0.2) is 0 Å². The third-order valence-electron chi connectivity index (χ3n) is 10.2. The molecule has 50 heavy (non-hydrogen) atoms. The molecule has 1 aromatic carbocycles. The van der Waals surface area contributed by atoms with Crippen LogP contribution in [0.5, 0.6) is 0 Å². The fourth-order valence-corrected chi connectivity index (χ4v) is 7.34. The van der Waals surface area contributed by atoms with Crippen molar-refractivity contribution in [2.24, 2.45) is 17.8 Å². The number of aromatic nitrogens is 1. The van der Waals surface area contributed by atoms with Crippen LogP contribution in [0.4, 0.5) is 5.82 Å². The Hall–Kier alpha value is -4.52. The Bertz CT molecular complexity index is 1530. The number of amides is 4. The van der Waals surface area contributed by atoms with Crippen molar-refractivity contribution in [1.29, 1.82) is 0 Å². The van der Waals surface area contributed by atoms with Gasteiger partial charge in [-0.15, -0.1) is 0 Å². The van der Waals surface area contributed by atoms with E-state index in [-0.39, 0.29) is 36.7 Å². The van der Waals surface area contributed by atoms with E-state index in [0.717, 1.165) is 88.1 Å². The number of carbonyl (C=O) groups is 5. The molecule has 3 heterocycles. The minimum atomic E-state index is -1.32. The standard InChI is InChI=1S/C37H51N7O6/c1-38-33(45)26-9-4-8-24(20-26)21-40-35(47)29-13-2-3-14-30(29)36(48)43-31(37(49)50)22-41-34(46)27-11-6-18-44(23-27)19-7-12-28-16-15-25-10-5-17-39-32(25)42-28/h4,8-9,15-16,20,27,29-31H,2-3,5-7,10-14,17-19,21-23H2,1H3,(H,38,45)(H,39,42)(H,40,47)(H,41,46)(H,43,48)(H,49,50)/t27-,29-,30-,31+/m1/s1. The minimum Gasteiger partial charge on any atom is -0.480 e. The quantitative estimate of drug-likeness (QED) is 0.173. The van der Waals surface area contributed by atoms with E-state index in [0.29, 0.717) is 24.9 Å². The van der Waals surface area contributed by atoms with Crippen LogP contribution in [-0.2, 0) is 38.6 Å². The molecule has 4 amide bonds. The highest BCUT2D eigenvalue weighted by atomic mass is 16.4. The van der Waals surface area contributed by atoms with Gasteiger partial charge >= 0.3 is 5.97 Å². The molecule has 6 N–H and O–H groups in total. The van der Waals surface area contributed by atoms with E-state index in [1.54, 1.807) is 31.3 Å². The van der Waals surface area contributed by atoms with Crippen molar-refractivity contribution in [1.82, 2.24) is 31.2 Å². The molecule has 4 atom stereocenters. The first-order valence-corrected chi connectivity index (χ1v) is 18.1. The zero-order valence-electron chi connectivity index (χ0n) is 29.0. The highest BCUT2D eigenvalue weighted by Gasteiger charge is 2.37. The summed E-state index contributed by atoms with van der Waals surface area (Å²) in [7, 11) is 1.55. The summed E-state index contributed by atoms with van der Waals surface area (Å²) in [6, 6.07) is 9.90. The molecule has 13 heteroatoms. The number of likely N-dealkylation sites (tertiary alicyclic amines) is 1. The zero-order valence-corrected chi connectivity index (χ0v) is 29.0. The first-order valence-electron chi connectivity index (χ1n) is 18.1. The predicted molar refractivity (Wildman–Crippen MR) is 188 cm³/mol. The Morgan fingerprint density at radius 3 is 2.54 bits per heavy atom. The highest BCUT2D eigenvalue weighted by molar-refractivity contribution is 5.94. The molecule has 1 aliphatic carbocycles. The summed E-state index contributed by atoms with van der Waals surface area (Å²) in [6.45, 7) is 3.28. The van der Waals surface area contributed by atoms with Crippen molar-refractivity contribution >= 4 is 35.4 Å². The van der Waals surface area contributed by atoms with Gasteiger partial charge in [-0.25, -0.2) is 9.78 Å². The lowest BCUT2D eigenvalue weighted by Crippen LogP contribution is -2.53. The summed E-state index contributed by atoms with van der Waals surface area (Å²) in [5.74, 6) is -3.02. The fourth-order valence-electron chi connectivity index (χ4n) is 7.34. The summed E-state index contributed by atoms with van der Waals surface area (Å²) < 4.78 is 0. The third-order valence-corrected chi connectivity index (χ3v) is 10.2. The SMILES string of the molecule is CNC(=O)c1cccc(CNC(=O)[C@@H]2CCCC[C@H]2C(=O)N[C@@H](CNC(=O)[C@@H]2CCCN(CCCc3ccc4c(n3)NCCC4)C2)C(=O)O)c1. The van der Waals surface area contributed by atoms with Gasteiger partial charge in [0.1, 0.15) is 11.9 Å². The number of carbonyl (C=O) groups excluding carboxylic acids is 4. The molecule has 1 saturated carbocycles. The van der Waals surface area contributed by atoms with Gasteiger partial charge in [-0.3, -0.25) is 19.2 Å². The Balaban J connectivity index is 1.07. The van der Waals surface area contributed by atoms with Crippen LogP contribution in [0.3, 0.4) is 0 Å². The maximum absolute atomic E-state index is 13.4. The Morgan fingerprint density at radius 2 is 1.76 bits per heavy atom. The first kappa shape index (κ1) is 36.8. The van der Waals surface area contributed by atoms with Crippen LogP contribution in [0, 0.1) is 17.8 Å². The largest absolute Gasteiger partial charge is 0.480 e. The predicted octanol–water partition coefficient (Wildman–Crippen LogP) is 2.25. The van der Waals surface area contributed by atoms with Crippen molar-refractivity contribution in [3.05, 3.63) is 58.8 Å². The lowest BCUT2D eigenvalue weighted by Gasteiger charge is -2.32. The number of fused-ring (bicyclic) bond motifs is 1. The Morgan fingerprint density at radius 1 is 0.960 bits per heavy atom. The molecule has 2 aliphatic heterocycles. The minimum absolute atomic E-state index is 0.195. The number of carboxylic acid groups (broad SMARTS) is 1. The highest BCUT2D eigenvalue weighted by Crippen LogP contribution is 2.31. The summed E-state index contributed by atoms with van der Waals surface area (Å²) in [6.07, 6.45) is 8.09. The smallest absolute Gasteiger partial charge is 0.328 e. The number of anilines is 1. The van der Waals surface area contributed by atoms with Gasteiger partial charge in [-0.1, -0.05) is 31.0 Å². The summed E-state index contributed by atoms with van der Waals surface area (Å²) in [5, 5.41) is 24.1. The van der Waals surface area contributed by atoms with Crippen LogP contribution < -0.4 is 26.6 Å². The Kier molecular flexibility index (Phi) is 13.2. The topological polar surface area (TPSA) is 182 Å². The third kappa shape index (κ3) is 10.0. The maximum Gasteiger partial charge on any atom is 0.328 e. The number of benzene rings is 1. The van der Waals surface area contributed by atoms with Crippen molar-refractivity contribution in [2.75, 3.05) is 45.1 Å². The monoisotopic (exact) mass is 689 g/mol. The van der Waals surface area contributed by atoms with E-state index in [1.807, 2.05) is 0 Å². The molecular formula is C37H51N7O6. The molecule has 2 aromatic rings. The molecule has 0 bridgehead atoms. The van der Waals surface area contributed by atoms with Crippen LogP contribution in [0.1, 0.15) is 78.5 Å². The van der Waals surface area contributed by atoms with Crippen molar-refractivity contribution in [3.8, 4) is 0 Å². The molecule has 3 aliphatic rings. The lowest BCUT2D eigenvalue weighted by molar-refractivity contribution is -0.144. The molecule has 0 unspecified atom stereocenters. The second-order valence-electron chi connectivity index (χ2n) is 13.7. The van der Waals surface area contributed by atoms with Gasteiger partial charge in [-0.05, 0) is 93.8 Å². The Labute approximate surface area is 293 Å². The summed E-state index contributed by atoms with van der Waals surface area (Å²) >= 11 is 0. The molecule has 1 aromatic heterocycles. The number of carboxylic acids is 1. The number of hydrogen-bond acceptors (Lipinski definition) is 8. The molecular weight excluding hydrogens is 638 g/mol. The molecule has 0 radical (unpaired) electrons. The van der Waals surface area contributed by atoms with Crippen LogP contribution >= 0.6 is 0 Å². The maximum atomic E-state index is 13.4. The summed E-state index contributed by atoms with van der Waals surface area (Å²) in [5.41, 5.74) is 3.57. The normalized spacial score (nSPS) is 21.1. The van der Waals surface area contributed by atoms with E-state index >= 15 is 0 Å². The average molecular weight is 690 g/mol. The summed E-state index contributed by atoms with van der Waals surface area (Å²) in [4.78, 5) is 71.0. The molecule has 0 spiro atoms. The first-order chi connectivity index (χ1) is 24.2. The van der Waals surface area contributed by atoms with Gasteiger partial charge < -0.3 is 36.6 Å². The molecule has 13 nitrogen and oxygen atoms in total. The number of nitrogens with zero attached hydrogens (tertiary/aromatic N) is 2. The van der Waals surface area contributed by atoms with Gasteiger partial charge in [0.2, 0.25) is 17.7 Å². The second-order valence-corrected chi connectivity index (χ2v) is 13.7. The second kappa shape index (κ2) is 17.9.